The molecule has 1 N–H and O–H groups in total. The predicted octanol–water partition coefficient (Wildman–Crippen LogP) is 4.23. The number of nitrogens with one attached hydrogen (secondary N) is 1. The highest BCUT2D eigenvalue weighted by Crippen LogP contribution is 2.24. The SMILES string of the molecule is Cc1ccccc1CS(=O)(=O)c1ncc(CN(CC2CCCO2)C(=S)NC2CC2)n1Cc1ccccc1. The summed E-state index contributed by atoms with van der Waals surface area (Å²) in [5.41, 5.74) is 3.56. The smallest absolute Gasteiger partial charge is 0.228 e. The summed E-state index contributed by atoms with van der Waals surface area (Å²) in [5, 5.41) is 4.23. The van der Waals surface area contributed by atoms with Crippen LogP contribution in [0.3, 0.4) is 0 Å². The van der Waals surface area contributed by atoms with Crippen molar-refractivity contribution in [3.8, 4) is 0 Å². The molecule has 1 saturated heterocycles. The van der Waals surface area contributed by atoms with E-state index in [0.29, 0.717) is 30.8 Å². The van der Waals surface area contributed by atoms with Gasteiger partial charge in [0.15, 0.2) is 5.11 Å². The van der Waals surface area contributed by atoms with Gasteiger partial charge in [-0.3, -0.25) is 0 Å². The van der Waals surface area contributed by atoms with E-state index >= 15 is 0 Å². The maximum absolute atomic E-state index is 13.7. The lowest BCUT2D eigenvalue weighted by molar-refractivity contribution is 0.0892. The number of aryl methyl sites for hydroxylation is 1. The summed E-state index contributed by atoms with van der Waals surface area (Å²) in [7, 11) is -3.69. The van der Waals surface area contributed by atoms with Crippen LogP contribution in [0.2, 0.25) is 0 Å². The van der Waals surface area contributed by atoms with Gasteiger partial charge < -0.3 is 19.5 Å². The van der Waals surface area contributed by atoms with Crippen LogP contribution in [-0.4, -0.2) is 53.3 Å². The molecular formula is C28H34N4O3S2. The van der Waals surface area contributed by atoms with Gasteiger partial charge >= 0.3 is 0 Å². The number of hydrogen-bond donors (Lipinski definition) is 1. The minimum Gasteiger partial charge on any atom is -0.376 e. The maximum atomic E-state index is 13.7. The van der Waals surface area contributed by atoms with Crippen LogP contribution in [0, 0.1) is 6.92 Å². The fourth-order valence-electron chi connectivity index (χ4n) is 4.69. The summed E-state index contributed by atoms with van der Waals surface area (Å²) in [5.74, 6) is -0.0911. The summed E-state index contributed by atoms with van der Waals surface area (Å²) in [6, 6.07) is 17.9. The topological polar surface area (TPSA) is 76.5 Å². The van der Waals surface area contributed by atoms with Gasteiger partial charge in [0.1, 0.15) is 0 Å². The Balaban J connectivity index is 1.47. The molecule has 0 bridgehead atoms. The average Bonchev–Trinajstić information content (AvgIpc) is 3.37. The number of aromatic nitrogens is 2. The number of nitrogens with zero attached hydrogens (tertiary/aromatic N) is 3. The minimum absolute atomic E-state index is 0.0905. The average molecular weight is 539 g/mol. The molecule has 2 heterocycles. The minimum atomic E-state index is -3.69. The van der Waals surface area contributed by atoms with Crippen molar-refractivity contribution in [3.63, 3.8) is 0 Å². The van der Waals surface area contributed by atoms with E-state index in [1.54, 1.807) is 6.20 Å². The third-order valence-corrected chi connectivity index (χ3v) is 8.91. The first kappa shape index (κ1) is 25.9. The van der Waals surface area contributed by atoms with Crippen molar-refractivity contribution in [2.45, 2.75) is 68.8 Å². The highest BCUT2D eigenvalue weighted by Gasteiger charge is 2.29. The Morgan fingerprint density at radius 3 is 2.59 bits per heavy atom. The van der Waals surface area contributed by atoms with E-state index in [1.165, 1.54) is 0 Å². The Labute approximate surface area is 224 Å². The highest BCUT2D eigenvalue weighted by molar-refractivity contribution is 7.90. The first-order valence-electron chi connectivity index (χ1n) is 12.9. The maximum Gasteiger partial charge on any atom is 0.228 e. The Morgan fingerprint density at radius 2 is 1.89 bits per heavy atom. The van der Waals surface area contributed by atoms with Gasteiger partial charge in [-0.2, -0.15) is 0 Å². The lowest BCUT2D eigenvalue weighted by Crippen LogP contribution is -2.44. The molecule has 1 aliphatic heterocycles. The second kappa shape index (κ2) is 11.3. The van der Waals surface area contributed by atoms with Crippen LogP contribution in [0.4, 0.5) is 0 Å². The van der Waals surface area contributed by atoms with Crippen molar-refractivity contribution in [2.24, 2.45) is 0 Å². The molecule has 3 aromatic rings. The van der Waals surface area contributed by atoms with E-state index in [9.17, 15) is 8.42 Å². The van der Waals surface area contributed by atoms with Gasteiger partial charge in [0.2, 0.25) is 15.0 Å². The van der Waals surface area contributed by atoms with Crippen LogP contribution in [0.5, 0.6) is 0 Å². The lowest BCUT2D eigenvalue weighted by atomic mass is 10.1. The van der Waals surface area contributed by atoms with Crippen LogP contribution in [0.25, 0.3) is 0 Å². The summed E-state index contributed by atoms with van der Waals surface area (Å²) < 4.78 is 35.1. The van der Waals surface area contributed by atoms with E-state index in [2.05, 4.69) is 15.2 Å². The second-order valence-corrected chi connectivity index (χ2v) is 12.3. The van der Waals surface area contributed by atoms with Crippen LogP contribution in [0.15, 0.2) is 66.0 Å². The molecule has 5 rings (SSSR count). The quantitative estimate of drug-likeness (QED) is 0.387. The molecule has 0 spiro atoms. The molecule has 1 aromatic heterocycles. The van der Waals surface area contributed by atoms with Crippen molar-refractivity contribution in [2.75, 3.05) is 13.2 Å². The number of thiocarbonyl (C=S) groups is 1. The molecule has 37 heavy (non-hydrogen) atoms. The molecule has 1 atom stereocenters. The highest BCUT2D eigenvalue weighted by atomic mass is 32.2. The predicted molar refractivity (Wildman–Crippen MR) is 148 cm³/mol. The zero-order valence-corrected chi connectivity index (χ0v) is 22.8. The standard InChI is InChI=1S/C28H34N4O3S2/c1-21-8-5-6-11-23(21)20-37(33,34)28-29-16-25(32(28)17-22-9-3-2-4-10-22)18-31(19-26-12-7-15-35-26)27(36)30-24-13-14-24/h2-6,8-11,16,24,26H,7,12-15,17-20H2,1H3,(H,30,36). The molecule has 1 unspecified atom stereocenters. The Morgan fingerprint density at radius 1 is 1.14 bits per heavy atom. The second-order valence-electron chi connectivity index (χ2n) is 10.0. The van der Waals surface area contributed by atoms with Gasteiger partial charge in [0.25, 0.3) is 0 Å². The van der Waals surface area contributed by atoms with Crippen LogP contribution >= 0.6 is 12.2 Å². The number of hydrogen-bond acceptors (Lipinski definition) is 5. The van der Waals surface area contributed by atoms with Gasteiger partial charge in [-0.05, 0) is 61.5 Å². The zero-order valence-electron chi connectivity index (χ0n) is 21.2. The molecule has 2 aromatic carbocycles. The number of rotatable bonds is 10. The van der Waals surface area contributed by atoms with Crippen molar-refractivity contribution in [1.82, 2.24) is 19.8 Å². The third kappa shape index (κ3) is 6.58. The van der Waals surface area contributed by atoms with Crippen molar-refractivity contribution < 1.29 is 13.2 Å². The number of imidazole rings is 1. The van der Waals surface area contributed by atoms with Crippen molar-refractivity contribution in [3.05, 3.63) is 83.2 Å². The fraction of sp³-hybridized carbons (Fsp3) is 0.429. The van der Waals surface area contributed by atoms with Crippen molar-refractivity contribution >= 4 is 27.2 Å². The normalized spacial score (nSPS) is 17.6. The summed E-state index contributed by atoms with van der Waals surface area (Å²) in [6.45, 7) is 4.24. The zero-order chi connectivity index (χ0) is 25.8. The van der Waals surface area contributed by atoms with Crippen LogP contribution in [-0.2, 0) is 33.4 Å². The van der Waals surface area contributed by atoms with Crippen molar-refractivity contribution in [1.29, 1.82) is 0 Å². The number of ether oxygens (including phenoxy) is 1. The molecule has 2 aliphatic rings. The molecular weight excluding hydrogens is 504 g/mol. The van der Waals surface area contributed by atoms with Gasteiger partial charge in [0.05, 0.1) is 36.8 Å². The van der Waals surface area contributed by atoms with E-state index in [1.807, 2.05) is 66.1 Å². The van der Waals surface area contributed by atoms with Gasteiger partial charge in [-0.1, -0.05) is 54.6 Å². The fourth-order valence-corrected chi connectivity index (χ4v) is 6.58. The van der Waals surface area contributed by atoms with Gasteiger partial charge in [-0.25, -0.2) is 13.4 Å². The molecule has 1 aliphatic carbocycles. The summed E-state index contributed by atoms with van der Waals surface area (Å²) >= 11 is 5.79. The largest absolute Gasteiger partial charge is 0.376 e. The third-order valence-electron chi connectivity index (χ3n) is 6.96. The molecule has 1 saturated carbocycles. The first-order chi connectivity index (χ1) is 17.9. The lowest BCUT2D eigenvalue weighted by Gasteiger charge is -2.28. The number of sulfone groups is 1. The Kier molecular flexibility index (Phi) is 7.92. The Bertz CT molecular complexity index is 1330. The van der Waals surface area contributed by atoms with Gasteiger partial charge in [0, 0.05) is 19.2 Å². The molecule has 0 radical (unpaired) electrons. The molecule has 0 amide bonds. The van der Waals surface area contributed by atoms with E-state index in [4.69, 9.17) is 17.0 Å². The Hall–Kier alpha value is -2.75. The first-order valence-corrected chi connectivity index (χ1v) is 15.0. The monoisotopic (exact) mass is 538 g/mol. The number of benzene rings is 2. The van der Waals surface area contributed by atoms with Gasteiger partial charge in [-0.15, -0.1) is 0 Å². The summed E-state index contributed by atoms with van der Waals surface area (Å²) in [6.07, 6.45) is 6.11. The van der Waals surface area contributed by atoms with Crippen LogP contribution < -0.4 is 5.32 Å². The molecule has 9 heteroatoms. The van der Waals surface area contributed by atoms with E-state index in [-0.39, 0.29) is 17.0 Å². The van der Waals surface area contributed by atoms with E-state index in [0.717, 1.165) is 54.7 Å². The van der Waals surface area contributed by atoms with E-state index < -0.39 is 9.84 Å². The molecule has 196 valence electrons. The molecule has 2 fully saturated rings. The summed E-state index contributed by atoms with van der Waals surface area (Å²) in [4.78, 5) is 6.59. The molecule has 7 nitrogen and oxygen atoms in total. The van der Waals surface area contributed by atoms with Crippen LogP contribution in [0.1, 0.15) is 48.1 Å².